The van der Waals surface area contributed by atoms with Gasteiger partial charge >= 0.3 is 6.09 Å². The molecule has 1 N–H and O–H groups in total. The van der Waals surface area contributed by atoms with Gasteiger partial charge in [-0.15, -0.1) is 0 Å². The minimum atomic E-state index is -0.778. The van der Waals surface area contributed by atoms with Crippen LogP contribution in [0.3, 0.4) is 0 Å². The van der Waals surface area contributed by atoms with Crippen molar-refractivity contribution in [3.8, 4) is 0 Å². The number of nitrogens with zero attached hydrogens (tertiary/aromatic N) is 1. The normalized spacial score (nSPS) is 26.8. The Bertz CT molecular complexity index is 124. The number of carboxylic acid groups (broad SMARTS) is 1. The second-order valence-corrected chi connectivity index (χ2v) is 2.47. The summed E-state index contributed by atoms with van der Waals surface area (Å²) in [7, 11) is 0. The van der Waals surface area contributed by atoms with Crippen LogP contribution < -0.4 is 0 Å². The molecular weight excluding hydrogens is 118 g/mol. The van der Waals surface area contributed by atoms with Crippen LogP contribution in [0.1, 0.15) is 19.8 Å². The van der Waals surface area contributed by atoms with Crippen LogP contribution in [0.2, 0.25) is 0 Å². The van der Waals surface area contributed by atoms with Gasteiger partial charge in [0.2, 0.25) is 0 Å². The highest BCUT2D eigenvalue weighted by atomic mass is 16.4. The second kappa shape index (κ2) is 2.25. The molecule has 0 saturated carbocycles. The Balaban J connectivity index is 2.49. The van der Waals surface area contributed by atoms with E-state index < -0.39 is 6.09 Å². The molecule has 0 spiro atoms. The zero-order valence-corrected chi connectivity index (χ0v) is 5.50. The maximum Gasteiger partial charge on any atom is 0.407 e. The first-order valence-corrected chi connectivity index (χ1v) is 3.21. The van der Waals surface area contributed by atoms with Crippen LogP contribution in [0, 0.1) is 0 Å². The summed E-state index contributed by atoms with van der Waals surface area (Å²) in [6.07, 6.45) is 1.26. The van der Waals surface area contributed by atoms with Crippen molar-refractivity contribution in [1.29, 1.82) is 0 Å². The van der Waals surface area contributed by atoms with Gasteiger partial charge in [0.15, 0.2) is 0 Å². The Kier molecular flexibility index (Phi) is 1.60. The first kappa shape index (κ1) is 6.39. The summed E-state index contributed by atoms with van der Waals surface area (Å²) in [6.45, 7) is 2.66. The van der Waals surface area contributed by atoms with Crippen molar-refractivity contribution in [2.75, 3.05) is 6.54 Å². The summed E-state index contributed by atoms with van der Waals surface area (Å²) in [5, 5.41) is 8.51. The van der Waals surface area contributed by atoms with Gasteiger partial charge in [0.1, 0.15) is 0 Å². The van der Waals surface area contributed by atoms with Crippen LogP contribution in [0.15, 0.2) is 0 Å². The minimum absolute atomic E-state index is 0.238. The standard InChI is InChI=1S/C6H11NO2/c1-5-3-2-4-7(5)6(8)9/h5H,2-4H2,1H3,(H,8,9). The van der Waals surface area contributed by atoms with E-state index in [1.165, 1.54) is 4.90 Å². The maximum atomic E-state index is 10.3. The molecule has 0 aromatic rings. The lowest BCUT2D eigenvalue weighted by molar-refractivity contribution is 0.143. The summed E-state index contributed by atoms with van der Waals surface area (Å²) in [5.41, 5.74) is 0. The van der Waals surface area contributed by atoms with E-state index in [0.717, 1.165) is 19.4 Å². The average molecular weight is 129 g/mol. The third-order valence-electron chi connectivity index (χ3n) is 1.80. The number of likely N-dealkylation sites (tertiary alicyclic amines) is 1. The molecule has 1 amide bonds. The minimum Gasteiger partial charge on any atom is -0.465 e. The van der Waals surface area contributed by atoms with Crippen molar-refractivity contribution in [1.82, 2.24) is 4.90 Å². The second-order valence-electron chi connectivity index (χ2n) is 2.47. The van der Waals surface area contributed by atoms with Crippen LogP contribution in [-0.4, -0.2) is 28.7 Å². The first-order chi connectivity index (χ1) is 4.22. The molecule has 3 nitrogen and oxygen atoms in total. The van der Waals surface area contributed by atoms with Gasteiger partial charge in [0.25, 0.3) is 0 Å². The molecule has 3 heteroatoms. The highest BCUT2D eigenvalue weighted by molar-refractivity contribution is 5.65. The largest absolute Gasteiger partial charge is 0.465 e. The monoisotopic (exact) mass is 129 g/mol. The van der Waals surface area contributed by atoms with E-state index in [9.17, 15) is 4.79 Å². The number of rotatable bonds is 0. The zero-order chi connectivity index (χ0) is 6.85. The Morgan fingerprint density at radius 1 is 1.78 bits per heavy atom. The number of amides is 1. The number of carbonyl (C=O) groups is 1. The Morgan fingerprint density at radius 2 is 2.44 bits per heavy atom. The zero-order valence-electron chi connectivity index (χ0n) is 5.50. The van der Waals surface area contributed by atoms with Crippen LogP contribution >= 0.6 is 0 Å². The fraction of sp³-hybridized carbons (Fsp3) is 0.833. The third kappa shape index (κ3) is 1.15. The molecule has 1 unspecified atom stereocenters. The number of hydrogen-bond acceptors (Lipinski definition) is 1. The Hall–Kier alpha value is -0.730. The van der Waals surface area contributed by atoms with Gasteiger partial charge < -0.3 is 10.0 Å². The van der Waals surface area contributed by atoms with E-state index in [-0.39, 0.29) is 6.04 Å². The quantitative estimate of drug-likeness (QED) is 0.533. The lowest BCUT2D eigenvalue weighted by Crippen LogP contribution is -2.31. The lowest BCUT2D eigenvalue weighted by atomic mass is 10.2. The van der Waals surface area contributed by atoms with Gasteiger partial charge in [-0.05, 0) is 19.8 Å². The predicted molar refractivity (Wildman–Crippen MR) is 33.4 cm³/mol. The summed E-state index contributed by atoms with van der Waals surface area (Å²) >= 11 is 0. The average Bonchev–Trinajstić information content (AvgIpc) is 2.13. The molecule has 1 atom stereocenters. The van der Waals surface area contributed by atoms with Crippen molar-refractivity contribution >= 4 is 6.09 Å². The molecular formula is C6H11NO2. The van der Waals surface area contributed by atoms with Crippen molar-refractivity contribution in [3.63, 3.8) is 0 Å². The molecule has 0 aromatic carbocycles. The van der Waals surface area contributed by atoms with Crippen molar-refractivity contribution < 1.29 is 9.90 Å². The van der Waals surface area contributed by atoms with Crippen LogP contribution in [0.25, 0.3) is 0 Å². The SMILES string of the molecule is CC1CCCN1C(=O)O. The number of hydrogen-bond donors (Lipinski definition) is 1. The molecule has 0 aromatic heterocycles. The predicted octanol–water partition coefficient (Wildman–Crippen LogP) is 1.15. The highest BCUT2D eigenvalue weighted by Gasteiger charge is 2.23. The van der Waals surface area contributed by atoms with Gasteiger partial charge in [0.05, 0.1) is 0 Å². The van der Waals surface area contributed by atoms with E-state index in [2.05, 4.69) is 0 Å². The summed E-state index contributed by atoms with van der Waals surface area (Å²) in [6, 6.07) is 0.238. The Morgan fingerprint density at radius 3 is 2.67 bits per heavy atom. The van der Waals surface area contributed by atoms with Crippen molar-refractivity contribution in [2.24, 2.45) is 0 Å². The van der Waals surface area contributed by atoms with Gasteiger partial charge in [-0.25, -0.2) is 4.79 Å². The topological polar surface area (TPSA) is 40.5 Å². The van der Waals surface area contributed by atoms with E-state index in [0.29, 0.717) is 0 Å². The van der Waals surface area contributed by atoms with Crippen molar-refractivity contribution in [2.45, 2.75) is 25.8 Å². The molecule has 52 valence electrons. The Labute approximate surface area is 54.3 Å². The molecule has 1 heterocycles. The third-order valence-corrected chi connectivity index (χ3v) is 1.80. The molecule has 9 heavy (non-hydrogen) atoms. The van der Waals surface area contributed by atoms with E-state index >= 15 is 0 Å². The molecule has 1 aliphatic heterocycles. The highest BCUT2D eigenvalue weighted by Crippen LogP contribution is 2.15. The molecule has 1 rings (SSSR count). The molecule has 0 radical (unpaired) electrons. The maximum absolute atomic E-state index is 10.3. The smallest absolute Gasteiger partial charge is 0.407 e. The molecule has 1 fully saturated rings. The van der Waals surface area contributed by atoms with Gasteiger partial charge in [-0.2, -0.15) is 0 Å². The molecule has 0 aliphatic carbocycles. The fourth-order valence-electron chi connectivity index (χ4n) is 1.22. The summed E-state index contributed by atoms with van der Waals surface area (Å²) in [5.74, 6) is 0. The summed E-state index contributed by atoms with van der Waals surface area (Å²) in [4.78, 5) is 11.8. The van der Waals surface area contributed by atoms with Gasteiger partial charge in [-0.1, -0.05) is 0 Å². The molecule has 1 aliphatic rings. The van der Waals surface area contributed by atoms with Crippen LogP contribution in [0.4, 0.5) is 4.79 Å². The summed E-state index contributed by atoms with van der Waals surface area (Å²) < 4.78 is 0. The van der Waals surface area contributed by atoms with Gasteiger partial charge in [0, 0.05) is 12.6 Å². The van der Waals surface area contributed by atoms with E-state index in [4.69, 9.17) is 5.11 Å². The lowest BCUT2D eigenvalue weighted by Gasteiger charge is -2.16. The van der Waals surface area contributed by atoms with Gasteiger partial charge in [-0.3, -0.25) is 0 Å². The van der Waals surface area contributed by atoms with Crippen LogP contribution in [-0.2, 0) is 0 Å². The molecule has 1 saturated heterocycles. The van der Waals surface area contributed by atoms with E-state index in [1.807, 2.05) is 6.92 Å². The fourth-order valence-corrected chi connectivity index (χ4v) is 1.22. The first-order valence-electron chi connectivity index (χ1n) is 3.21. The van der Waals surface area contributed by atoms with E-state index in [1.54, 1.807) is 0 Å². The molecule has 0 bridgehead atoms. The van der Waals surface area contributed by atoms with Crippen molar-refractivity contribution in [3.05, 3.63) is 0 Å². The van der Waals surface area contributed by atoms with Crippen LogP contribution in [0.5, 0.6) is 0 Å².